The van der Waals surface area contributed by atoms with E-state index in [1.54, 1.807) is 0 Å². The lowest BCUT2D eigenvalue weighted by Gasteiger charge is -2.44. The molecule has 4 atom stereocenters. The third-order valence-corrected chi connectivity index (χ3v) is 7.06. The molecule has 0 saturated heterocycles. The Balaban J connectivity index is 1.61. The van der Waals surface area contributed by atoms with Crippen LogP contribution in [0.4, 0.5) is 0 Å². The molecule has 0 spiro atoms. The van der Waals surface area contributed by atoms with Crippen molar-refractivity contribution < 1.29 is 0 Å². The van der Waals surface area contributed by atoms with Crippen LogP contribution in [0.15, 0.2) is 18.2 Å². The minimum Gasteiger partial charge on any atom is -0.306 e. The molecule has 4 unspecified atom stereocenters. The van der Waals surface area contributed by atoms with Gasteiger partial charge in [0.1, 0.15) is 0 Å². The van der Waals surface area contributed by atoms with Crippen molar-refractivity contribution in [3.05, 3.63) is 34.3 Å². The van der Waals surface area contributed by atoms with Crippen molar-refractivity contribution in [2.24, 2.45) is 16.7 Å². The zero-order chi connectivity index (χ0) is 14.8. The maximum absolute atomic E-state index is 6.14. The molecule has 0 aromatic heterocycles. The van der Waals surface area contributed by atoms with Gasteiger partial charge in [-0.05, 0) is 72.1 Å². The fourth-order valence-corrected chi connectivity index (χ4v) is 5.87. The van der Waals surface area contributed by atoms with Gasteiger partial charge in [0.25, 0.3) is 0 Å². The predicted octanol–water partition coefficient (Wildman–Crippen LogP) is 5.13. The summed E-state index contributed by atoms with van der Waals surface area (Å²) < 4.78 is 0. The first-order chi connectivity index (χ1) is 9.90. The Bertz CT molecular complexity index is 574. The lowest BCUT2D eigenvalue weighted by Crippen LogP contribution is -2.51. The Morgan fingerprint density at radius 2 is 2.00 bits per heavy atom. The van der Waals surface area contributed by atoms with E-state index in [-0.39, 0.29) is 0 Å². The molecule has 114 valence electrons. The van der Waals surface area contributed by atoms with Crippen LogP contribution in [-0.4, -0.2) is 6.04 Å². The van der Waals surface area contributed by atoms with Gasteiger partial charge >= 0.3 is 0 Å². The number of benzene rings is 1. The van der Waals surface area contributed by atoms with Crippen molar-refractivity contribution in [1.82, 2.24) is 5.32 Å². The third-order valence-electron chi connectivity index (χ3n) is 6.82. The smallest absolute Gasteiger partial charge is 0.0408 e. The second-order valence-corrected chi connectivity index (χ2v) is 8.89. The van der Waals surface area contributed by atoms with Crippen LogP contribution in [-0.2, 0) is 6.42 Å². The van der Waals surface area contributed by atoms with Gasteiger partial charge in [0.2, 0.25) is 0 Å². The Hall–Kier alpha value is -0.530. The summed E-state index contributed by atoms with van der Waals surface area (Å²) in [5.41, 5.74) is 3.87. The summed E-state index contributed by atoms with van der Waals surface area (Å²) >= 11 is 6.14. The summed E-state index contributed by atoms with van der Waals surface area (Å²) in [6, 6.07) is 7.62. The molecule has 1 nitrogen and oxygen atoms in total. The van der Waals surface area contributed by atoms with Crippen LogP contribution >= 0.6 is 11.6 Å². The van der Waals surface area contributed by atoms with E-state index in [0.29, 0.717) is 22.9 Å². The van der Waals surface area contributed by atoms with Gasteiger partial charge in [-0.3, -0.25) is 0 Å². The van der Waals surface area contributed by atoms with Gasteiger partial charge in [-0.2, -0.15) is 0 Å². The van der Waals surface area contributed by atoms with E-state index in [0.717, 1.165) is 10.9 Å². The van der Waals surface area contributed by atoms with Crippen molar-refractivity contribution in [2.45, 2.75) is 65.0 Å². The normalized spacial score (nSPS) is 39.7. The number of rotatable bonds is 2. The minimum atomic E-state index is 0.433. The first kappa shape index (κ1) is 14.1. The average molecular weight is 304 g/mol. The van der Waals surface area contributed by atoms with Gasteiger partial charge in [-0.15, -0.1) is 0 Å². The molecule has 2 heteroatoms. The summed E-state index contributed by atoms with van der Waals surface area (Å²) in [4.78, 5) is 0. The fourth-order valence-electron chi connectivity index (χ4n) is 5.68. The number of nitrogens with one attached hydrogen (secondary N) is 1. The van der Waals surface area contributed by atoms with Crippen LogP contribution in [0, 0.1) is 16.7 Å². The standard InChI is InChI=1S/C19H26ClN/c1-18(2)13-8-9-19(3,11-13)17(18)21-16-7-4-12-10-14(20)5-6-15(12)16/h5-6,10,13,16-17,21H,4,7-9,11H2,1-3H3. The first-order valence-corrected chi connectivity index (χ1v) is 8.82. The molecule has 21 heavy (non-hydrogen) atoms. The molecule has 3 aliphatic rings. The van der Waals surface area contributed by atoms with Crippen LogP contribution < -0.4 is 5.32 Å². The molecule has 0 aliphatic heterocycles. The highest BCUT2D eigenvalue weighted by molar-refractivity contribution is 6.30. The fraction of sp³-hybridized carbons (Fsp3) is 0.684. The van der Waals surface area contributed by atoms with Crippen LogP contribution in [0.3, 0.4) is 0 Å². The van der Waals surface area contributed by atoms with Gasteiger partial charge in [0.15, 0.2) is 0 Å². The summed E-state index contributed by atoms with van der Waals surface area (Å²) in [5.74, 6) is 0.908. The van der Waals surface area contributed by atoms with Crippen LogP contribution in [0.25, 0.3) is 0 Å². The van der Waals surface area contributed by atoms with Crippen LogP contribution in [0.2, 0.25) is 5.02 Å². The second-order valence-electron chi connectivity index (χ2n) is 8.45. The number of hydrogen-bond donors (Lipinski definition) is 1. The zero-order valence-corrected chi connectivity index (χ0v) is 14.1. The zero-order valence-electron chi connectivity index (χ0n) is 13.4. The molecular formula is C19H26ClN. The van der Waals surface area contributed by atoms with Crippen molar-refractivity contribution >= 4 is 11.6 Å². The SMILES string of the molecule is CC12CCC(C1)C(C)(C)C2NC1CCc2cc(Cl)ccc21. The van der Waals surface area contributed by atoms with E-state index < -0.39 is 0 Å². The number of fused-ring (bicyclic) bond motifs is 3. The van der Waals surface area contributed by atoms with Crippen LogP contribution in [0.1, 0.15) is 63.6 Å². The maximum atomic E-state index is 6.14. The highest BCUT2D eigenvalue weighted by Crippen LogP contribution is 2.62. The summed E-state index contributed by atoms with van der Waals surface area (Å²) in [6.45, 7) is 7.48. The van der Waals surface area contributed by atoms with E-state index in [9.17, 15) is 0 Å². The lowest BCUT2D eigenvalue weighted by atomic mass is 9.68. The molecular weight excluding hydrogens is 278 g/mol. The molecule has 2 fully saturated rings. The molecule has 2 bridgehead atoms. The second kappa shape index (κ2) is 4.49. The number of aryl methyl sites for hydroxylation is 1. The molecule has 0 amide bonds. The van der Waals surface area contributed by atoms with E-state index >= 15 is 0 Å². The lowest BCUT2D eigenvalue weighted by molar-refractivity contribution is 0.0983. The van der Waals surface area contributed by atoms with E-state index in [1.165, 1.54) is 43.2 Å². The van der Waals surface area contributed by atoms with Gasteiger partial charge in [-0.25, -0.2) is 0 Å². The van der Waals surface area contributed by atoms with Gasteiger partial charge in [0.05, 0.1) is 0 Å². The molecule has 4 rings (SSSR count). The predicted molar refractivity (Wildman–Crippen MR) is 88.7 cm³/mol. The number of halogens is 1. The first-order valence-electron chi connectivity index (χ1n) is 8.44. The maximum Gasteiger partial charge on any atom is 0.0408 e. The van der Waals surface area contributed by atoms with E-state index in [4.69, 9.17) is 11.6 Å². The van der Waals surface area contributed by atoms with E-state index in [2.05, 4.69) is 38.2 Å². The average Bonchev–Trinajstić information content (AvgIpc) is 3.04. The molecule has 1 aromatic carbocycles. The summed E-state index contributed by atoms with van der Waals surface area (Å²) in [5, 5.41) is 4.95. The topological polar surface area (TPSA) is 12.0 Å². The Labute approximate surface area is 133 Å². The van der Waals surface area contributed by atoms with Gasteiger partial charge < -0.3 is 5.32 Å². The van der Waals surface area contributed by atoms with Crippen LogP contribution in [0.5, 0.6) is 0 Å². The van der Waals surface area contributed by atoms with E-state index in [1.807, 2.05) is 6.07 Å². The Kier molecular flexibility index (Phi) is 3.01. The summed E-state index contributed by atoms with van der Waals surface area (Å²) in [7, 11) is 0. The van der Waals surface area contributed by atoms with Crippen molar-refractivity contribution in [3.8, 4) is 0 Å². The van der Waals surface area contributed by atoms with Crippen molar-refractivity contribution in [2.75, 3.05) is 0 Å². The Morgan fingerprint density at radius 1 is 1.19 bits per heavy atom. The van der Waals surface area contributed by atoms with Gasteiger partial charge in [0, 0.05) is 17.1 Å². The quantitative estimate of drug-likeness (QED) is 0.798. The summed E-state index contributed by atoms with van der Waals surface area (Å²) in [6.07, 6.45) is 6.64. The largest absolute Gasteiger partial charge is 0.306 e. The third kappa shape index (κ3) is 2.00. The number of hydrogen-bond acceptors (Lipinski definition) is 1. The molecule has 2 saturated carbocycles. The molecule has 0 radical (unpaired) electrons. The monoisotopic (exact) mass is 303 g/mol. The minimum absolute atomic E-state index is 0.433. The van der Waals surface area contributed by atoms with Gasteiger partial charge in [-0.1, -0.05) is 38.4 Å². The highest BCUT2D eigenvalue weighted by atomic mass is 35.5. The highest BCUT2D eigenvalue weighted by Gasteiger charge is 2.59. The molecule has 3 aliphatic carbocycles. The molecule has 1 aromatic rings. The molecule has 0 heterocycles. The van der Waals surface area contributed by atoms with Crippen molar-refractivity contribution in [1.29, 1.82) is 0 Å². The molecule has 1 N–H and O–H groups in total. The van der Waals surface area contributed by atoms with Crippen molar-refractivity contribution in [3.63, 3.8) is 0 Å². The Morgan fingerprint density at radius 3 is 2.71 bits per heavy atom.